The van der Waals surface area contributed by atoms with Gasteiger partial charge >= 0.3 is 6.03 Å². The van der Waals surface area contributed by atoms with E-state index in [9.17, 15) is 9.59 Å². The van der Waals surface area contributed by atoms with Crippen molar-refractivity contribution in [3.05, 3.63) is 90.0 Å². The second-order valence-corrected chi connectivity index (χ2v) is 7.64. The number of rotatable bonds is 4. The standard InChI is InChI=1S/C25H26N4O2/c1-19-6-5-9-22(18-19)27-25(31)26-21-10-12-23(13-11-21)28-14-16-29(17-15-28)24(30)20-7-3-2-4-8-20/h2-13,18H,14-17H2,1H3,(H2,26,27,31). The molecule has 0 spiro atoms. The molecule has 1 saturated heterocycles. The Hall–Kier alpha value is -3.80. The van der Waals surface area contributed by atoms with E-state index in [1.807, 2.05) is 90.7 Å². The first kappa shape index (κ1) is 20.5. The number of benzene rings is 3. The van der Waals surface area contributed by atoms with Crippen LogP contribution in [0.5, 0.6) is 0 Å². The first-order valence-corrected chi connectivity index (χ1v) is 10.4. The highest BCUT2D eigenvalue weighted by atomic mass is 16.2. The van der Waals surface area contributed by atoms with Gasteiger partial charge in [0.15, 0.2) is 0 Å². The molecule has 1 aliphatic rings. The van der Waals surface area contributed by atoms with E-state index in [0.717, 1.165) is 41.3 Å². The highest BCUT2D eigenvalue weighted by Gasteiger charge is 2.22. The molecule has 0 aromatic heterocycles. The van der Waals surface area contributed by atoms with Crippen molar-refractivity contribution in [3.63, 3.8) is 0 Å². The predicted molar refractivity (Wildman–Crippen MR) is 125 cm³/mol. The summed E-state index contributed by atoms with van der Waals surface area (Å²) < 4.78 is 0. The number of nitrogens with one attached hydrogen (secondary N) is 2. The van der Waals surface area contributed by atoms with Gasteiger partial charge in [-0.15, -0.1) is 0 Å². The normalized spacial score (nSPS) is 13.6. The van der Waals surface area contributed by atoms with Crippen LogP contribution in [0.1, 0.15) is 15.9 Å². The second kappa shape index (κ2) is 9.34. The smallest absolute Gasteiger partial charge is 0.323 e. The second-order valence-electron chi connectivity index (χ2n) is 7.64. The maximum atomic E-state index is 12.6. The highest BCUT2D eigenvalue weighted by molar-refractivity contribution is 5.99. The van der Waals surface area contributed by atoms with E-state index in [1.54, 1.807) is 0 Å². The summed E-state index contributed by atoms with van der Waals surface area (Å²) >= 11 is 0. The molecule has 6 nitrogen and oxygen atoms in total. The first-order valence-electron chi connectivity index (χ1n) is 10.4. The summed E-state index contributed by atoms with van der Waals surface area (Å²) in [6.45, 7) is 4.91. The van der Waals surface area contributed by atoms with Crippen LogP contribution in [0.2, 0.25) is 0 Å². The Morgan fingerprint density at radius 2 is 1.42 bits per heavy atom. The van der Waals surface area contributed by atoms with Crippen LogP contribution in [0.25, 0.3) is 0 Å². The summed E-state index contributed by atoms with van der Waals surface area (Å²) in [4.78, 5) is 29.0. The molecule has 3 aromatic rings. The lowest BCUT2D eigenvalue weighted by atomic mass is 10.1. The first-order chi connectivity index (χ1) is 15.1. The minimum atomic E-state index is -0.272. The number of carbonyl (C=O) groups excluding carboxylic acids is 2. The third-order valence-electron chi connectivity index (χ3n) is 5.35. The predicted octanol–water partition coefficient (Wildman–Crippen LogP) is 4.60. The van der Waals surface area contributed by atoms with Gasteiger partial charge in [-0.3, -0.25) is 4.79 Å². The molecule has 2 N–H and O–H groups in total. The Bertz CT molecular complexity index is 1040. The van der Waals surface area contributed by atoms with Crippen LogP contribution >= 0.6 is 0 Å². The molecule has 31 heavy (non-hydrogen) atoms. The fourth-order valence-corrected chi connectivity index (χ4v) is 3.70. The zero-order valence-corrected chi connectivity index (χ0v) is 17.5. The van der Waals surface area contributed by atoms with Crippen LogP contribution in [-0.2, 0) is 0 Å². The molecule has 1 fully saturated rings. The highest BCUT2D eigenvalue weighted by Crippen LogP contribution is 2.20. The van der Waals surface area contributed by atoms with E-state index in [1.165, 1.54) is 0 Å². The monoisotopic (exact) mass is 414 g/mol. The maximum Gasteiger partial charge on any atom is 0.323 e. The Morgan fingerprint density at radius 3 is 2.10 bits per heavy atom. The van der Waals surface area contributed by atoms with Crippen molar-refractivity contribution in [2.24, 2.45) is 0 Å². The molecule has 3 amide bonds. The van der Waals surface area contributed by atoms with Crippen molar-refractivity contribution in [1.29, 1.82) is 0 Å². The molecular weight excluding hydrogens is 388 g/mol. The molecular formula is C25H26N4O2. The number of aryl methyl sites for hydroxylation is 1. The summed E-state index contributed by atoms with van der Waals surface area (Å²) in [5.41, 5.74) is 4.39. The van der Waals surface area contributed by atoms with Gasteiger partial charge in [0.25, 0.3) is 5.91 Å². The SMILES string of the molecule is Cc1cccc(NC(=O)Nc2ccc(N3CCN(C(=O)c4ccccc4)CC3)cc2)c1. The maximum absolute atomic E-state index is 12.6. The molecule has 1 aliphatic heterocycles. The molecule has 0 atom stereocenters. The van der Waals surface area contributed by atoms with Gasteiger partial charge in [-0.1, -0.05) is 30.3 Å². The van der Waals surface area contributed by atoms with E-state index in [4.69, 9.17) is 0 Å². The quantitative estimate of drug-likeness (QED) is 0.656. The Kier molecular flexibility index (Phi) is 6.17. The van der Waals surface area contributed by atoms with Crippen LogP contribution in [0, 0.1) is 6.92 Å². The largest absolute Gasteiger partial charge is 0.368 e. The average Bonchev–Trinajstić information content (AvgIpc) is 2.80. The summed E-state index contributed by atoms with van der Waals surface area (Å²) in [5, 5.41) is 5.70. The van der Waals surface area contributed by atoms with Gasteiger partial charge in [0.1, 0.15) is 0 Å². The van der Waals surface area contributed by atoms with Gasteiger partial charge in [-0.2, -0.15) is 0 Å². The number of carbonyl (C=O) groups is 2. The number of hydrogen-bond donors (Lipinski definition) is 2. The molecule has 0 aliphatic carbocycles. The molecule has 0 saturated carbocycles. The lowest BCUT2D eigenvalue weighted by molar-refractivity contribution is 0.0747. The van der Waals surface area contributed by atoms with Crippen molar-refractivity contribution in [3.8, 4) is 0 Å². The van der Waals surface area contributed by atoms with Gasteiger partial charge in [0, 0.05) is 48.8 Å². The zero-order valence-electron chi connectivity index (χ0n) is 17.5. The topological polar surface area (TPSA) is 64.7 Å². The number of nitrogens with zero attached hydrogens (tertiary/aromatic N) is 2. The van der Waals surface area contributed by atoms with Crippen molar-refractivity contribution in [2.75, 3.05) is 41.7 Å². The van der Waals surface area contributed by atoms with Gasteiger partial charge in [-0.25, -0.2) is 4.79 Å². The van der Waals surface area contributed by atoms with Gasteiger partial charge in [0.2, 0.25) is 0 Å². The molecule has 3 aromatic carbocycles. The molecule has 6 heteroatoms. The molecule has 0 unspecified atom stereocenters. The zero-order chi connectivity index (χ0) is 21.6. The third kappa shape index (κ3) is 5.22. The van der Waals surface area contributed by atoms with E-state index in [2.05, 4.69) is 15.5 Å². The van der Waals surface area contributed by atoms with Crippen LogP contribution in [0.15, 0.2) is 78.9 Å². The molecule has 1 heterocycles. The Morgan fingerprint density at radius 1 is 0.742 bits per heavy atom. The van der Waals surface area contributed by atoms with Crippen molar-refractivity contribution in [1.82, 2.24) is 4.90 Å². The summed E-state index contributed by atoms with van der Waals surface area (Å²) in [6.07, 6.45) is 0. The fourth-order valence-electron chi connectivity index (χ4n) is 3.70. The van der Waals surface area contributed by atoms with Crippen molar-refractivity contribution < 1.29 is 9.59 Å². The Labute approximate surface area is 182 Å². The molecule has 0 radical (unpaired) electrons. The summed E-state index contributed by atoms with van der Waals surface area (Å²) in [6, 6.07) is 24.6. The minimum Gasteiger partial charge on any atom is -0.368 e. The van der Waals surface area contributed by atoms with Crippen molar-refractivity contribution in [2.45, 2.75) is 6.92 Å². The summed E-state index contributed by atoms with van der Waals surface area (Å²) in [7, 11) is 0. The van der Waals surface area contributed by atoms with Gasteiger partial charge in [-0.05, 0) is 61.0 Å². The average molecular weight is 415 g/mol. The van der Waals surface area contributed by atoms with Crippen LogP contribution in [0.3, 0.4) is 0 Å². The summed E-state index contributed by atoms with van der Waals surface area (Å²) in [5.74, 6) is 0.0828. The van der Waals surface area contributed by atoms with Crippen molar-refractivity contribution >= 4 is 29.0 Å². The lowest BCUT2D eigenvalue weighted by Gasteiger charge is -2.36. The number of piperazine rings is 1. The number of hydrogen-bond acceptors (Lipinski definition) is 3. The fraction of sp³-hybridized carbons (Fsp3) is 0.200. The third-order valence-corrected chi connectivity index (χ3v) is 5.35. The van der Waals surface area contributed by atoms with Gasteiger partial charge < -0.3 is 20.4 Å². The number of anilines is 3. The lowest BCUT2D eigenvalue weighted by Crippen LogP contribution is -2.48. The van der Waals surface area contributed by atoms with E-state index in [0.29, 0.717) is 13.1 Å². The number of amides is 3. The van der Waals surface area contributed by atoms with E-state index < -0.39 is 0 Å². The van der Waals surface area contributed by atoms with Gasteiger partial charge in [0.05, 0.1) is 0 Å². The number of urea groups is 1. The van der Waals surface area contributed by atoms with Crippen LogP contribution < -0.4 is 15.5 Å². The molecule has 158 valence electrons. The molecule has 4 rings (SSSR count). The van der Waals surface area contributed by atoms with Crippen LogP contribution in [0.4, 0.5) is 21.9 Å². The Balaban J connectivity index is 1.29. The van der Waals surface area contributed by atoms with E-state index in [-0.39, 0.29) is 11.9 Å². The minimum absolute atomic E-state index is 0.0828. The molecule has 0 bridgehead atoms. The van der Waals surface area contributed by atoms with Crippen LogP contribution in [-0.4, -0.2) is 43.0 Å². The van der Waals surface area contributed by atoms with E-state index >= 15 is 0 Å².